The average Bonchev–Trinajstić information content (AvgIpc) is 1.97. The summed E-state index contributed by atoms with van der Waals surface area (Å²) in [5, 5.41) is 0. The van der Waals surface area contributed by atoms with E-state index in [9.17, 15) is 4.79 Å². The zero-order valence-corrected chi connectivity index (χ0v) is 7.55. The molecule has 0 amide bonds. The molecule has 1 aliphatic carbocycles. The third-order valence-electron chi connectivity index (χ3n) is 2.63. The number of ketones is 1. The standard InChI is InChI=1S/C10H16O/c1-4-9-5-8(3)10(11)6-7(9)2/h6,8-9H,4-5H2,1-3H3. The summed E-state index contributed by atoms with van der Waals surface area (Å²) in [4.78, 5) is 11.2. The maximum Gasteiger partial charge on any atom is 0.158 e. The molecule has 1 aliphatic rings. The van der Waals surface area contributed by atoms with E-state index in [1.54, 1.807) is 0 Å². The van der Waals surface area contributed by atoms with Crippen LogP contribution in [0.5, 0.6) is 0 Å². The molecule has 0 spiro atoms. The molecule has 0 fully saturated rings. The lowest BCUT2D eigenvalue weighted by Gasteiger charge is -2.23. The van der Waals surface area contributed by atoms with Crippen LogP contribution in [0.15, 0.2) is 11.6 Å². The van der Waals surface area contributed by atoms with Crippen molar-refractivity contribution in [3.8, 4) is 0 Å². The molecule has 2 atom stereocenters. The minimum atomic E-state index is 0.253. The molecule has 0 aromatic carbocycles. The predicted octanol–water partition coefficient (Wildman–Crippen LogP) is 2.57. The summed E-state index contributed by atoms with van der Waals surface area (Å²) in [6.45, 7) is 6.27. The fraction of sp³-hybridized carbons (Fsp3) is 0.700. The monoisotopic (exact) mass is 152 g/mol. The van der Waals surface area contributed by atoms with Crippen molar-refractivity contribution in [3.05, 3.63) is 11.6 Å². The summed E-state index contributed by atoms with van der Waals surface area (Å²) in [6.07, 6.45) is 4.04. The Kier molecular flexibility index (Phi) is 2.48. The third-order valence-corrected chi connectivity index (χ3v) is 2.63. The van der Waals surface area contributed by atoms with Crippen LogP contribution in [0, 0.1) is 11.8 Å². The highest BCUT2D eigenvalue weighted by Crippen LogP contribution is 2.28. The SMILES string of the molecule is CCC1CC(C)C(=O)C=C1C. The molecule has 0 heterocycles. The molecule has 11 heavy (non-hydrogen) atoms. The van der Waals surface area contributed by atoms with Gasteiger partial charge in [-0.2, -0.15) is 0 Å². The minimum Gasteiger partial charge on any atom is -0.295 e. The Hall–Kier alpha value is -0.590. The molecule has 0 saturated carbocycles. The molecule has 0 N–H and O–H groups in total. The largest absolute Gasteiger partial charge is 0.295 e. The molecule has 0 radical (unpaired) electrons. The summed E-state index contributed by atoms with van der Waals surface area (Å²) in [5.41, 5.74) is 1.27. The number of rotatable bonds is 1. The van der Waals surface area contributed by atoms with Gasteiger partial charge in [-0.05, 0) is 31.8 Å². The summed E-state index contributed by atoms with van der Waals surface area (Å²) in [5.74, 6) is 1.22. The van der Waals surface area contributed by atoms with Gasteiger partial charge in [-0.1, -0.05) is 19.4 Å². The van der Waals surface area contributed by atoms with Gasteiger partial charge in [0.2, 0.25) is 0 Å². The Balaban J connectivity index is 2.76. The van der Waals surface area contributed by atoms with E-state index in [4.69, 9.17) is 0 Å². The van der Waals surface area contributed by atoms with Crippen LogP contribution in [0.4, 0.5) is 0 Å². The second kappa shape index (κ2) is 3.21. The Morgan fingerprint density at radius 2 is 2.27 bits per heavy atom. The summed E-state index contributed by atoms with van der Waals surface area (Å²) in [7, 11) is 0. The van der Waals surface area contributed by atoms with Gasteiger partial charge in [-0.15, -0.1) is 0 Å². The molecule has 1 heteroatoms. The van der Waals surface area contributed by atoms with Crippen LogP contribution in [0.1, 0.15) is 33.6 Å². The lowest BCUT2D eigenvalue weighted by atomic mass is 9.81. The van der Waals surface area contributed by atoms with Crippen LogP contribution in [-0.2, 0) is 4.79 Å². The average molecular weight is 152 g/mol. The smallest absolute Gasteiger partial charge is 0.158 e. The first-order valence-corrected chi connectivity index (χ1v) is 4.37. The van der Waals surface area contributed by atoms with Crippen molar-refractivity contribution < 1.29 is 4.79 Å². The zero-order valence-electron chi connectivity index (χ0n) is 7.55. The second-order valence-electron chi connectivity index (χ2n) is 3.53. The minimum absolute atomic E-state index is 0.253. The van der Waals surface area contributed by atoms with Crippen molar-refractivity contribution >= 4 is 5.78 Å². The fourth-order valence-corrected chi connectivity index (χ4v) is 1.70. The summed E-state index contributed by atoms with van der Waals surface area (Å²) >= 11 is 0. The molecule has 0 aromatic rings. The van der Waals surface area contributed by atoms with Gasteiger partial charge in [0.25, 0.3) is 0 Å². The van der Waals surface area contributed by atoms with Crippen molar-refractivity contribution in [2.45, 2.75) is 33.6 Å². The van der Waals surface area contributed by atoms with Gasteiger partial charge in [-0.25, -0.2) is 0 Å². The molecule has 1 nitrogen and oxygen atoms in total. The highest BCUT2D eigenvalue weighted by Gasteiger charge is 2.22. The lowest BCUT2D eigenvalue weighted by molar-refractivity contribution is -0.118. The van der Waals surface area contributed by atoms with Crippen LogP contribution in [0.2, 0.25) is 0 Å². The summed E-state index contributed by atoms with van der Waals surface area (Å²) in [6, 6.07) is 0. The first kappa shape index (κ1) is 8.51. The van der Waals surface area contributed by atoms with E-state index in [2.05, 4.69) is 13.8 Å². The van der Waals surface area contributed by atoms with Gasteiger partial charge >= 0.3 is 0 Å². The summed E-state index contributed by atoms with van der Waals surface area (Å²) < 4.78 is 0. The number of allylic oxidation sites excluding steroid dienone is 2. The molecule has 0 saturated heterocycles. The normalized spacial score (nSPS) is 31.9. The highest BCUT2D eigenvalue weighted by molar-refractivity contribution is 5.93. The van der Waals surface area contributed by atoms with E-state index < -0.39 is 0 Å². The van der Waals surface area contributed by atoms with E-state index in [0.717, 1.165) is 6.42 Å². The van der Waals surface area contributed by atoms with Crippen molar-refractivity contribution in [2.75, 3.05) is 0 Å². The van der Waals surface area contributed by atoms with Crippen LogP contribution >= 0.6 is 0 Å². The van der Waals surface area contributed by atoms with Gasteiger partial charge < -0.3 is 0 Å². The molecule has 0 aliphatic heterocycles. The van der Waals surface area contributed by atoms with E-state index in [1.807, 2.05) is 13.0 Å². The number of carbonyl (C=O) groups is 1. The maximum atomic E-state index is 11.2. The van der Waals surface area contributed by atoms with Crippen LogP contribution in [-0.4, -0.2) is 5.78 Å². The van der Waals surface area contributed by atoms with Gasteiger partial charge in [-0.3, -0.25) is 4.79 Å². The zero-order chi connectivity index (χ0) is 8.43. The maximum absolute atomic E-state index is 11.2. The number of hydrogen-bond donors (Lipinski definition) is 0. The fourth-order valence-electron chi connectivity index (χ4n) is 1.70. The van der Waals surface area contributed by atoms with Crippen LogP contribution in [0.3, 0.4) is 0 Å². The van der Waals surface area contributed by atoms with Gasteiger partial charge in [0.15, 0.2) is 5.78 Å². The lowest BCUT2D eigenvalue weighted by Crippen LogP contribution is -2.20. The van der Waals surface area contributed by atoms with E-state index in [1.165, 1.54) is 12.0 Å². The van der Waals surface area contributed by atoms with Crippen LogP contribution < -0.4 is 0 Å². The Morgan fingerprint density at radius 1 is 1.64 bits per heavy atom. The topological polar surface area (TPSA) is 17.1 Å². The molecule has 0 aromatic heterocycles. The molecule has 2 unspecified atom stereocenters. The second-order valence-corrected chi connectivity index (χ2v) is 3.53. The predicted molar refractivity (Wildman–Crippen MR) is 46.3 cm³/mol. The Bertz CT molecular complexity index is 191. The third kappa shape index (κ3) is 1.70. The van der Waals surface area contributed by atoms with Crippen molar-refractivity contribution in [1.82, 2.24) is 0 Å². The first-order chi connectivity index (χ1) is 5.15. The van der Waals surface area contributed by atoms with E-state index >= 15 is 0 Å². The Labute approximate surface area is 68.5 Å². The van der Waals surface area contributed by atoms with E-state index in [-0.39, 0.29) is 5.92 Å². The molecule has 1 rings (SSSR count). The molecular weight excluding hydrogens is 136 g/mol. The molecule has 62 valence electrons. The number of hydrogen-bond acceptors (Lipinski definition) is 1. The van der Waals surface area contributed by atoms with Gasteiger partial charge in [0.1, 0.15) is 0 Å². The number of carbonyl (C=O) groups excluding carboxylic acids is 1. The van der Waals surface area contributed by atoms with E-state index in [0.29, 0.717) is 11.7 Å². The first-order valence-electron chi connectivity index (χ1n) is 4.37. The van der Waals surface area contributed by atoms with Crippen molar-refractivity contribution in [3.63, 3.8) is 0 Å². The highest BCUT2D eigenvalue weighted by atomic mass is 16.1. The van der Waals surface area contributed by atoms with Crippen molar-refractivity contribution in [1.29, 1.82) is 0 Å². The Morgan fingerprint density at radius 3 is 2.82 bits per heavy atom. The molecular formula is C10H16O. The van der Waals surface area contributed by atoms with Gasteiger partial charge in [0, 0.05) is 5.92 Å². The van der Waals surface area contributed by atoms with Crippen LogP contribution in [0.25, 0.3) is 0 Å². The molecule has 0 bridgehead atoms. The van der Waals surface area contributed by atoms with Gasteiger partial charge in [0.05, 0.1) is 0 Å². The van der Waals surface area contributed by atoms with Crippen molar-refractivity contribution in [2.24, 2.45) is 11.8 Å². The quantitative estimate of drug-likeness (QED) is 0.564.